The lowest BCUT2D eigenvalue weighted by Gasteiger charge is -2.18. The summed E-state index contributed by atoms with van der Waals surface area (Å²) in [5, 5.41) is 2.58. The van der Waals surface area contributed by atoms with E-state index in [-0.39, 0.29) is 23.9 Å². The van der Waals surface area contributed by atoms with Gasteiger partial charge in [-0.3, -0.25) is 4.79 Å². The van der Waals surface area contributed by atoms with Crippen molar-refractivity contribution in [3.63, 3.8) is 0 Å². The van der Waals surface area contributed by atoms with Crippen LogP contribution in [0.4, 0.5) is 8.78 Å². The van der Waals surface area contributed by atoms with E-state index in [1.807, 2.05) is 6.92 Å². The molecule has 0 bridgehead atoms. The molecule has 2 unspecified atom stereocenters. The van der Waals surface area contributed by atoms with Gasteiger partial charge in [-0.15, -0.1) is 12.4 Å². The van der Waals surface area contributed by atoms with Crippen LogP contribution in [0.2, 0.25) is 0 Å². The Morgan fingerprint density at radius 3 is 2.63 bits per heavy atom. The highest BCUT2D eigenvalue weighted by Gasteiger charge is 2.19. The first-order valence-corrected chi connectivity index (χ1v) is 5.97. The number of rotatable bonds is 5. The van der Waals surface area contributed by atoms with Crippen LogP contribution in [0.3, 0.4) is 0 Å². The molecule has 1 aromatic carbocycles. The zero-order valence-electron chi connectivity index (χ0n) is 11.0. The summed E-state index contributed by atoms with van der Waals surface area (Å²) >= 11 is 0. The van der Waals surface area contributed by atoms with Crippen molar-refractivity contribution in [3.05, 3.63) is 35.4 Å². The fourth-order valence-electron chi connectivity index (χ4n) is 1.70. The molecular formula is C13H19ClF2N2O. The summed E-state index contributed by atoms with van der Waals surface area (Å²) < 4.78 is 26.5. The molecule has 0 aliphatic carbocycles. The first kappa shape index (κ1) is 17.8. The monoisotopic (exact) mass is 292 g/mol. The Morgan fingerprint density at radius 2 is 2.05 bits per heavy atom. The Kier molecular flexibility index (Phi) is 7.56. The zero-order valence-corrected chi connectivity index (χ0v) is 11.8. The van der Waals surface area contributed by atoms with Crippen molar-refractivity contribution in [2.24, 2.45) is 5.73 Å². The molecule has 108 valence electrons. The lowest BCUT2D eigenvalue weighted by Crippen LogP contribution is -2.41. The molecule has 2 atom stereocenters. The largest absolute Gasteiger partial charge is 0.348 e. The first-order chi connectivity index (χ1) is 8.47. The van der Waals surface area contributed by atoms with Crippen LogP contribution in [0, 0.1) is 11.6 Å². The van der Waals surface area contributed by atoms with Gasteiger partial charge in [-0.1, -0.05) is 25.5 Å². The molecule has 0 fully saturated rings. The van der Waals surface area contributed by atoms with Crippen molar-refractivity contribution in [1.82, 2.24) is 5.32 Å². The number of nitrogens with two attached hydrogens (primary N) is 1. The molecule has 1 amide bonds. The minimum absolute atomic E-state index is 0. The summed E-state index contributed by atoms with van der Waals surface area (Å²) in [5.74, 6) is -2.21. The fourth-order valence-corrected chi connectivity index (χ4v) is 1.70. The number of carbonyl (C=O) groups is 1. The molecule has 0 saturated heterocycles. The van der Waals surface area contributed by atoms with Crippen molar-refractivity contribution in [1.29, 1.82) is 0 Å². The van der Waals surface area contributed by atoms with E-state index in [4.69, 9.17) is 5.73 Å². The normalized spacial score (nSPS) is 13.3. The number of hydrogen-bond acceptors (Lipinski definition) is 2. The summed E-state index contributed by atoms with van der Waals surface area (Å²) in [7, 11) is 0. The standard InChI is InChI=1S/C13H18F2N2O.ClH/c1-3-5-11(16)13(18)17-8(2)9-6-4-7-10(14)12(9)15;/h4,6-8,11H,3,5,16H2,1-2H3,(H,17,18);1H. The van der Waals surface area contributed by atoms with Crippen LogP contribution in [-0.4, -0.2) is 11.9 Å². The third-order valence-electron chi connectivity index (χ3n) is 2.74. The van der Waals surface area contributed by atoms with Gasteiger partial charge in [0.1, 0.15) is 0 Å². The van der Waals surface area contributed by atoms with Gasteiger partial charge in [0.15, 0.2) is 11.6 Å². The Bertz CT molecular complexity index is 429. The number of nitrogens with one attached hydrogen (secondary N) is 1. The maximum Gasteiger partial charge on any atom is 0.237 e. The molecule has 0 aliphatic heterocycles. The summed E-state index contributed by atoms with van der Waals surface area (Å²) in [6.45, 7) is 3.51. The lowest BCUT2D eigenvalue weighted by molar-refractivity contribution is -0.123. The van der Waals surface area contributed by atoms with E-state index >= 15 is 0 Å². The van der Waals surface area contributed by atoms with E-state index in [9.17, 15) is 13.6 Å². The second-order valence-corrected chi connectivity index (χ2v) is 4.27. The van der Waals surface area contributed by atoms with Crippen LogP contribution in [0.5, 0.6) is 0 Å². The molecule has 0 radical (unpaired) electrons. The van der Waals surface area contributed by atoms with E-state index in [0.29, 0.717) is 6.42 Å². The second kappa shape index (κ2) is 8.07. The Hall–Kier alpha value is -1.20. The molecule has 1 aromatic rings. The summed E-state index contributed by atoms with van der Waals surface area (Å²) in [4.78, 5) is 11.7. The molecule has 3 N–H and O–H groups in total. The van der Waals surface area contributed by atoms with Gasteiger partial charge >= 0.3 is 0 Å². The van der Waals surface area contributed by atoms with Crippen LogP contribution in [0.1, 0.15) is 38.3 Å². The maximum absolute atomic E-state index is 13.5. The molecule has 19 heavy (non-hydrogen) atoms. The molecule has 0 aliphatic rings. The third-order valence-corrected chi connectivity index (χ3v) is 2.74. The Labute approximate surface area is 118 Å². The van der Waals surface area contributed by atoms with Crippen LogP contribution in [-0.2, 0) is 4.79 Å². The molecule has 3 nitrogen and oxygen atoms in total. The lowest BCUT2D eigenvalue weighted by atomic mass is 10.1. The van der Waals surface area contributed by atoms with Gasteiger partial charge in [-0.05, 0) is 19.4 Å². The van der Waals surface area contributed by atoms with Crippen LogP contribution in [0.25, 0.3) is 0 Å². The number of hydrogen-bond donors (Lipinski definition) is 2. The highest BCUT2D eigenvalue weighted by atomic mass is 35.5. The van der Waals surface area contributed by atoms with E-state index in [2.05, 4.69) is 5.32 Å². The average molecular weight is 293 g/mol. The van der Waals surface area contributed by atoms with Gasteiger partial charge in [0.05, 0.1) is 12.1 Å². The fraction of sp³-hybridized carbons (Fsp3) is 0.462. The topological polar surface area (TPSA) is 55.1 Å². The van der Waals surface area contributed by atoms with Crippen molar-refractivity contribution in [2.45, 2.75) is 38.8 Å². The number of halogens is 3. The van der Waals surface area contributed by atoms with Crippen molar-refractivity contribution >= 4 is 18.3 Å². The van der Waals surface area contributed by atoms with Gasteiger partial charge in [0.25, 0.3) is 0 Å². The second-order valence-electron chi connectivity index (χ2n) is 4.27. The van der Waals surface area contributed by atoms with E-state index in [1.54, 1.807) is 6.92 Å². The first-order valence-electron chi connectivity index (χ1n) is 5.97. The maximum atomic E-state index is 13.5. The highest BCUT2D eigenvalue weighted by Crippen LogP contribution is 2.18. The molecule has 1 rings (SSSR count). The van der Waals surface area contributed by atoms with Gasteiger partial charge in [0.2, 0.25) is 5.91 Å². The number of carbonyl (C=O) groups excluding carboxylic acids is 1. The van der Waals surface area contributed by atoms with Gasteiger partial charge in [-0.2, -0.15) is 0 Å². The third kappa shape index (κ3) is 4.76. The Morgan fingerprint density at radius 1 is 1.42 bits per heavy atom. The van der Waals surface area contributed by atoms with E-state index in [1.165, 1.54) is 12.1 Å². The quantitative estimate of drug-likeness (QED) is 0.877. The van der Waals surface area contributed by atoms with Crippen LogP contribution >= 0.6 is 12.4 Å². The van der Waals surface area contributed by atoms with Crippen molar-refractivity contribution in [3.8, 4) is 0 Å². The molecule has 0 heterocycles. The highest BCUT2D eigenvalue weighted by molar-refractivity contribution is 5.85. The van der Waals surface area contributed by atoms with Crippen LogP contribution in [0.15, 0.2) is 18.2 Å². The van der Waals surface area contributed by atoms with Gasteiger partial charge in [0, 0.05) is 5.56 Å². The predicted molar refractivity (Wildman–Crippen MR) is 73.0 cm³/mol. The molecule has 0 saturated carbocycles. The summed E-state index contributed by atoms with van der Waals surface area (Å²) in [5.41, 5.74) is 5.76. The molecule has 6 heteroatoms. The zero-order chi connectivity index (χ0) is 13.7. The summed E-state index contributed by atoms with van der Waals surface area (Å²) in [6.07, 6.45) is 1.35. The van der Waals surface area contributed by atoms with Gasteiger partial charge in [-0.25, -0.2) is 8.78 Å². The molecule has 0 aromatic heterocycles. The molecule has 0 spiro atoms. The minimum Gasteiger partial charge on any atom is -0.348 e. The minimum atomic E-state index is -0.936. The SMILES string of the molecule is CCCC(N)C(=O)NC(C)c1cccc(F)c1F.Cl. The average Bonchev–Trinajstić information content (AvgIpc) is 2.32. The molecular weight excluding hydrogens is 274 g/mol. The van der Waals surface area contributed by atoms with Crippen molar-refractivity contribution in [2.75, 3.05) is 0 Å². The smallest absolute Gasteiger partial charge is 0.237 e. The summed E-state index contributed by atoms with van der Waals surface area (Å²) in [6, 6.07) is 2.65. The predicted octanol–water partition coefficient (Wildman–Crippen LogP) is 2.69. The van der Waals surface area contributed by atoms with Gasteiger partial charge < -0.3 is 11.1 Å². The van der Waals surface area contributed by atoms with E-state index < -0.39 is 23.7 Å². The van der Waals surface area contributed by atoms with E-state index in [0.717, 1.165) is 12.5 Å². The van der Waals surface area contributed by atoms with Crippen molar-refractivity contribution < 1.29 is 13.6 Å². The Balaban J connectivity index is 0.00000324. The number of amides is 1. The number of benzene rings is 1. The van der Waals surface area contributed by atoms with Crippen LogP contribution < -0.4 is 11.1 Å².